The molecule has 106 valence electrons. The highest BCUT2D eigenvalue weighted by atomic mass is 32.2. The molecule has 0 atom stereocenters. The second-order valence-electron chi connectivity index (χ2n) is 3.37. The molecule has 19 heavy (non-hydrogen) atoms. The molecule has 0 unspecified atom stereocenters. The molecule has 0 fully saturated rings. The first-order valence-corrected chi connectivity index (χ1v) is 6.16. The maximum absolute atomic E-state index is 13.3. The van der Waals surface area contributed by atoms with Gasteiger partial charge in [-0.1, -0.05) is 0 Å². The number of carbonyl (C=O) groups is 1. The standard InChI is InChI=1S/C11H12F3NO3S/c1-17-10(16)2-3-19-9-5-8(18-11(13)14)6(12)4-7(9)15/h4-5,11H,2-3,15H2,1H3. The monoisotopic (exact) mass is 295 g/mol. The van der Waals surface area contributed by atoms with Crippen LogP contribution in [-0.2, 0) is 9.53 Å². The number of ether oxygens (including phenoxy) is 2. The number of methoxy groups -OCH3 is 1. The molecule has 8 heteroatoms. The summed E-state index contributed by atoms with van der Waals surface area (Å²) in [6, 6.07) is 1.98. The molecule has 4 nitrogen and oxygen atoms in total. The lowest BCUT2D eigenvalue weighted by atomic mass is 10.3. The lowest BCUT2D eigenvalue weighted by molar-refractivity contribution is -0.140. The van der Waals surface area contributed by atoms with Crippen LogP contribution in [0.5, 0.6) is 5.75 Å². The van der Waals surface area contributed by atoms with Crippen molar-refractivity contribution in [2.24, 2.45) is 0 Å². The highest BCUT2D eigenvalue weighted by Gasteiger charge is 2.14. The summed E-state index contributed by atoms with van der Waals surface area (Å²) in [6.07, 6.45) is 0.128. The number of nitrogen functional groups attached to an aromatic ring is 1. The van der Waals surface area contributed by atoms with Crippen LogP contribution in [0.1, 0.15) is 6.42 Å². The molecular formula is C11H12F3NO3S. The number of carbonyl (C=O) groups excluding carboxylic acids is 1. The van der Waals surface area contributed by atoms with Crippen LogP contribution in [0, 0.1) is 5.82 Å². The molecule has 0 spiro atoms. The predicted octanol–water partition coefficient (Wildman–Crippen LogP) is 2.66. The zero-order chi connectivity index (χ0) is 14.4. The summed E-state index contributed by atoms with van der Waals surface area (Å²) in [5.41, 5.74) is 5.64. The average Bonchev–Trinajstić information content (AvgIpc) is 2.33. The molecule has 0 bridgehead atoms. The van der Waals surface area contributed by atoms with E-state index >= 15 is 0 Å². The van der Waals surface area contributed by atoms with Crippen LogP contribution in [0.3, 0.4) is 0 Å². The van der Waals surface area contributed by atoms with Crippen molar-refractivity contribution in [3.63, 3.8) is 0 Å². The van der Waals surface area contributed by atoms with Gasteiger partial charge < -0.3 is 15.2 Å². The first kappa shape index (κ1) is 15.5. The van der Waals surface area contributed by atoms with E-state index in [1.165, 1.54) is 7.11 Å². The number of halogens is 3. The fourth-order valence-electron chi connectivity index (χ4n) is 1.21. The van der Waals surface area contributed by atoms with Gasteiger partial charge in [0.1, 0.15) is 0 Å². The van der Waals surface area contributed by atoms with Gasteiger partial charge in [0.05, 0.1) is 13.5 Å². The number of thioether (sulfide) groups is 1. The van der Waals surface area contributed by atoms with E-state index in [-0.39, 0.29) is 12.1 Å². The van der Waals surface area contributed by atoms with Crippen LogP contribution in [0.15, 0.2) is 17.0 Å². The normalized spacial score (nSPS) is 10.6. The minimum Gasteiger partial charge on any atom is -0.469 e. The quantitative estimate of drug-likeness (QED) is 0.496. The third-order valence-electron chi connectivity index (χ3n) is 2.07. The Morgan fingerprint density at radius 3 is 2.74 bits per heavy atom. The summed E-state index contributed by atoms with van der Waals surface area (Å²) in [5, 5.41) is 0. The van der Waals surface area contributed by atoms with Crippen LogP contribution in [0.2, 0.25) is 0 Å². The maximum atomic E-state index is 13.3. The Kier molecular flexibility index (Phi) is 5.81. The second kappa shape index (κ2) is 7.13. The number of rotatable bonds is 6. The third-order valence-corrected chi connectivity index (χ3v) is 3.14. The lowest BCUT2D eigenvalue weighted by Crippen LogP contribution is -2.05. The van der Waals surface area contributed by atoms with Crippen LogP contribution in [0.4, 0.5) is 18.9 Å². The van der Waals surface area contributed by atoms with Crippen molar-refractivity contribution in [3.05, 3.63) is 17.9 Å². The Morgan fingerprint density at radius 1 is 1.47 bits per heavy atom. The third kappa shape index (κ3) is 4.90. The Bertz CT molecular complexity index is 457. The molecule has 0 saturated heterocycles. The number of nitrogens with two attached hydrogens (primary N) is 1. The van der Waals surface area contributed by atoms with Crippen molar-refractivity contribution in [2.75, 3.05) is 18.6 Å². The van der Waals surface area contributed by atoms with E-state index in [1.807, 2.05) is 0 Å². The average molecular weight is 295 g/mol. The Hall–Kier alpha value is -1.57. The van der Waals surface area contributed by atoms with Gasteiger partial charge in [0, 0.05) is 22.4 Å². The van der Waals surface area contributed by atoms with Gasteiger partial charge in [0.2, 0.25) is 0 Å². The highest BCUT2D eigenvalue weighted by Crippen LogP contribution is 2.32. The highest BCUT2D eigenvalue weighted by molar-refractivity contribution is 7.99. The summed E-state index contributed by atoms with van der Waals surface area (Å²) in [7, 11) is 1.26. The summed E-state index contributed by atoms with van der Waals surface area (Å²) in [6.45, 7) is -3.12. The number of benzene rings is 1. The van der Waals surface area contributed by atoms with Gasteiger partial charge >= 0.3 is 12.6 Å². The summed E-state index contributed by atoms with van der Waals surface area (Å²) >= 11 is 1.12. The zero-order valence-electron chi connectivity index (χ0n) is 9.99. The van der Waals surface area contributed by atoms with Crippen molar-refractivity contribution >= 4 is 23.4 Å². The molecule has 0 aliphatic rings. The number of anilines is 1. The van der Waals surface area contributed by atoms with Crippen molar-refractivity contribution in [1.82, 2.24) is 0 Å². The van der Waals surface area contributed by atoms with E-state index in [2.05, 4.69) is 9.47 Å². The van der Waals surface area contributed by atoms with Crippen molar-refractivity contribution in [1.29, 1.82) is 0 Å². The van der Waals surface area contributed by atoms with Gasteiger partial charge in [0.15, 0.2) is 11.6 Å². The van der Waals surface area contributed by atoms with E-state index in [9.17, 15) is 18.0 Å². The van der Waals surface area contributed by atoms with E-state index in [0.717, 1.165) is 23.9 Å². The first-order valence-electron chi connectivity index (χ1n) is 5.17. The van der Waals surface area contributed by atoms with Crippen molar-refractivity contribution in [2.45, 2.75) is 17.9 Å². The largest absolute Gasteiger partial charge is 0.469 e. The Labute approximate surface area is 112 Å². The molecule has 0 heterocycles. The number of hydrogen-bond donors (Lipinski definition) is 1. The minimum atomic E-state index is -3.12. The van der Waals surface area contributed by atoms with Crippen LogP contribution in [-0.4, -0.2) is 25.4 Å². The zero-order valence-corrected chi connectivity index (χ0v) is 10.8. The number of hydrogen-bond acceptors (Lipinski definition) is 5. The molecule has 0 radical (unpaired) electrons. The maximum Gasteiger partial charge on any atom is 0.387 e. The lowest BCUT2D eigenvalue weighted by Gasteiger charge is -2.10. The van der Waals surface area contributed by atoms with E-state index in [4.69, 9.17) is 5.73 Å². The molecule has 1 aromatic rings. The van der Waals surface area contributed by atoms with E-state index in [1.54, 1.807) is 0 Å². The number of alkyl halides is 2. The molecule has 0 aliphatic heterocycles. The molecule has 0 saturated carbocycles. The SMILES string of the molecule is COC(=O)CCSc1cc(OC(F)F)c(F)cc1N. The summed E-state index contributed by atoms with van der Waals surface area (Å²) in [5.74, 6) is -1.62. The number of esters is 1. The Morgan fingerprint density at radius 2 is 2.16 bits per heavy atom. The molecular weight excluding hydrogens is 283 g/mol. The van der Waals surface area contributed by atoms with Crippen LogP contribution < -0.4 is 10.5 Å². The fourth-order valence-corrected chi connectivity index (χ4v) is 2.11. The molecule has 0 aromatic heterocycles. The van der Waals surface area contributed by atoms with Gasteiger partial charge in [-0.15, -0.1) is 11.8 Å². The van der Waals surface area contributed by atoms with Crippen LogP contribution in [0.25, 0.3) is 0 Å². The van der Waals surface area contributed by atoms with Crippen molar-refractivity contribution in [3.8, 4) is 5.75 Å². The van der Waals surface area contributed by atoms with Gasteiger partial charge in [0.25, 0.3) is 0 Å². The molecule has 2 N–H and O–H groups in total. The molecule has 0 amide bonds. The summed E-state index contributed by atoms with van der Waals surface area (Å²) < 4.78 is 45.8. The van der Waals surface area contributed by atoms with Crippen LogP contribution >= 0.6 is 11.8 Å². The smallest absolute Gasteiger partial charge is 0.387 e. The first-order chi connectivity index (χ1) is 8.93. The molecule has 1 aromatic carbocycles. The van der Waals surface area contributed by atoms with E-state index < -0.39 is 24.1 Å². The summed E-state index contributed by atoms with van der Waals surface area (Å²) in [4.78, 5) is 11.3. The minimum absolute atomic E-state index is 0.0917. The molecule has 1 rings (SSSR count). The Balaban J connectivity index is 2.74. The predicted molar refractivity (Wildman–Crippen MR) is 64.8 cm³/mol. The van der Waals surface area contributed by atoms with Gasteiger partial charge in [-0.3, -0.25) is 4.79 Å². The topological polar surface area (TPSA) is 61.5 Å². The fraction of sp³-hybridized carbons (Fsp3) is 0.364. The van der Waals surface area contributed by atoms with Gasteiger partial charge in [-0.05, 0) is 6.07 Å². The molecule has 0 aliphatic carbocycles. The van der Waals surface area contributed by atoms with Gasteiger partial charge in [-0.25, -0.2) is 4.39 Å². The second-order valence-corrected chi connectivity index (χ2v) is 4.51. The van der Waals surface area contributed by atoms with E-state index in [0.29, 0.717) is 10.6 Å². The van der Waals surface area contributed by atoms with Crippen molar-refractivity contribution < 1.29 is 27.4 Å². The van der Waals surface area contributed by atoms with Gasteiger partial charge in [-0.2, -0.15) is 8.78 Å².